The number of nitrogens with zero attached hydrogens (tertiary/aromatic N) is 2. The minimum atomic E-state index is 0.0516. The Kier molecular flexibility index (Phi) is 3.06. The first kappa shape index (κ1) is 11.6. The third-order valence-corrected chi connectivity index (χ3v) is 3.31. The summed E-state index contributed by atoms with van der Waals surface area (Å²) in [5, 5.41) is 0. The minimum absolute atomic E-state index is 0.0516. The maximum absolute atomic E-state index is 5.87. The summed E-state index contributed by atoms with van der Waals surface area (Å²) in [4.78, 5) is 6.86. The van der Waals surface area contributed by atoms with Crippen LogP contribution >= 0.6 is 0 Å². The van der Waals surface area contributed by atoms with Crippen molar-refractivity contribution in [3.8, 4) is 0 Å². The van der Waals surface area contributed by atoms with Crippen molar-refractivity contribution in [1.29, 1.82) is 0 Å². The summed E-state index contributed by atoms with van der Waals surface area (Å²) < 4.78 is 5.87. The summed E-state index contributed by atoms with van der Waals surface area (Å²) in [5.74, 6) is 1.85. The van der Waals surface area contributed by atoms with Gasteiger partial charge in [-0.3, -0.25) is 4.90 Å². The first-order valence-electron chi connectivity index (χ1n) is 6.19. The molecule has 0 radical (unpaired) electrons. The summed E-state index contributed by atoms with van der Waals surface area (Å²) >= 11 is 0. The normalized spacial score (nSPS) is 20.2. The van der Waals surface area contributed by atoms with Crippen LogP contribution in [0.15, 0.2) is 10.6 Å². The van der Waals surface area contributed by atoms with Gasteiger partial charge in [-0.1, -0.05) is 20.8 Å². The number of aromatic nitrogens is 1. The summed E-state index contributed by atoms with van der Waals surface area (Å²) in [6, 6.07) is 0.318. The summed E-state index contributed by atoms with van der Waals surface area (Å²) in [6.45, 7) is 11.0. The molecule has 0 bridgehead atoms. The lowest BCUT2D eigenvalue weighted by atomic mass is 9.94. The summed E-state index contributed by atoms with van der Waals surface area (Å²) in [5.41, 5.74) is 0.0516. The van der Waals surface area contributed by atoms with Gasteiger partial charge in [0.05, 0.1) is 12.2 Å². The predicted octanol–water partition coefficient (Wildman–Crippen LogP) is 3.13. The van der Waals surface area contributed by atoms with Crippen LogP contribution in [0.3, 0.4) is 0 Å². The van der Waals surface area contributed by atoms with Crippen LogP contribution in [0.1, 0.15) is 58.2 Å². The van der Waals surface area contributed by atoms with E-state index in [0.29, 0.717) is 6.04 Å². The molecule has 1 atom stereocenters. The van der Waals surface area contributed by atoms with E-state index in [4.69, 9.17) is 4.42 Å². The van der Waals surface area contributed by atoms with Crippen LogP contribution in [0.4, 0.5) is 0 Å². The van der Waals surface area contributed by atoms with Crippen LogP contribution in [0.2, 0.25) is 0 Å². The zero-order chi connectivity index (χ0) is 11.8. The van der Waals surface area contributed by atoms with Gasteiger partial charge in [0, 0.05) is 5.41 Å². The van der Waals surface area contributed by atoms with Crippen molar-refractivity contribution in [2.45, 2.75) is 52.0 Å². The Morgan fingerprint density at radius 1 is 1.31 bits per heavy atom. The molecule has 0 aliphatic carbocycles. The molecule has 3 heteroatoms. The van der Waals surface area contributed by atoms with Crippen molar-refractivity contribution >= 4 is 0 Å². The van der Waals surface area contributed by atoms with Crippen LogP contribution in [-0.4, -0.2) is 23.0 Å². The van der Waals surface area contributed by atoms with Gasteiger partial charge in [-0.25, -0.2) is 4.98 Å². The molecule has 1 aliphatic rings. The van der Waals surface area contributed by atoms with Crippen LogP contribution in [0.5, 0.6) is 0 Å². The Hall–Kier alpha value is -0.830. The maximum Gasteiger partial charge on any atom is 0.211 e. The molecule has 2 rings (SSSR count). The fraction of sp³-hybridized carbons (Fsp3) is 0.769. The van der Waals surface area contributed by atoms with Crippen LogP contribution < -0.4 is 0 Å². The van der Waals surface area contributed by atoms with E-state index in [-0.39, 0.29) is 5.41 Å². The highest BCUT2D eigenvalue weighted by molar-refractivity contribution is 5.07. The van der Waals surface area contributed by atoms with Gasteiger partial charge in [0.2, 0.25) is 5.89 Å². The average Bonchev–Trinajstić information content (AvgIpc) is 2.87. The molecule has 3 nitrogen and oxygen atoms in total. The van der Waals surface area contributed by atoms with Gasteiger partial charge < -0.3 is 4.42 Å². The van der Waals surface area contributed by atoms with E-state index >= 15 is 0 Å². The number of rotatable bonds is 2. The van der Waals surface area contributed by atoms with Gasteiger partial charge in [0.25, 0.3) is 0 Å². The second kappa shape index (κ2) is 4.21. The van der Waals surface area contributed by atoms with Gasteiger partial charge in [-0.05, 0) is 32.9 Å². The summed E-state index contributed by atoms with van der Waals surface area (Å²) in [6.07, 6.45) is 4.48. The number of likely N-dealkylation sites (tertiary alicyclic amines) is 1. The molecule has 0 amide bonds. The van der Waals surface area contributed by atoms with Gasteiger partial charge >= 0.3 is 0 Å². The first-order chi connectivity index (χ1) is 7.48. The maximum atomic E-state index is 5.87. The smallest absolute Gasteiger partial charge is 0.211 e. The molecule has 0 unspecified atom stereocenters. The second-order valence-electron chi connectivity index (χ2n) is 5.73. The molecule has 1 fully saturated rings. The minimum Gasteiger partial charge on any atom is -0.443 e. The van der Waals surface area contributed by atoms with Gasteiger partial charge in [-0.15, -0.1) is 0 Å². The molecule has 0 saturated carbocycles. The highest BCUT2D eigenvalue weighted by atomic mass is 16.4. The molecule has 0 aromatic carbocycles. The fourth-order valence-corrected chi connectivity index (χ4v) is 2.11. The third-order valence-electron chi connectivity index (χ3n) is 3.31. The van der Waals surface area contributed by atoms with E-state index in [1.165, 1.54) is 25.9 Å². The zero-order valence-corrected chi connectivity index (χ0v) is 10.8. The standard InChI is InChI=1S/C13H22N2O/c1-10(15-7-5-6-8-15)12-14-9-11(16-12)13(2,3)4/h9-10H,5-8H2,1-4H3/t10-/m1/s1. The van der Waals surface area contributed by atoms with E-state index in [1.54, 1.807) is 0 Å². The Balaban J connectivity index is 2.12. The van der Waals surface area contributed by atoms with Crippen LogP contribution in [-0.2, 0) is 5.41 Å². The molecular weight excluding hydrogens is 200 g/mol. The lowest BCUT2D eigenvalue weighted by molar-refractivity contribution is 0.217. The largest absolute Gasteiger partial charge is 0.443 e. The van der Waals surface area contributed by atoms with Crippen molar-refractivity contribution in [2.75, 3.05) is 13.1 Å². The molecule has 0 N–H and O–H groups in total. The van der Waals surface area contributed by atoms with E-state index in [9.17, 15) is 0 Å². The van der Waals surface area contributed by atoms with Crippen LogP contribution in [0, 0.1) is 0 Å². The number of hydrogen-bond donors (Lipinski definition) is 0. The molecule has 90 valence electrons. The molecule has 2 heterocycles. The van der Waals surface area contributed by atoms with Crippen molar-refractivity contribution in [1.82, 2.24) is 9.88 Å². The molecule has 1 aromatic heterocycles. The number of oxazole rings is 1. The monoisotopic (exact) mass is 222 g/mol. The Morgan fingerprint density at radius 2 is 1.94 bits per heavy atom. The lowest BCUT2D eigenvalue weighted by Gasteiger charge is -2.21. The molecule has 1 aliphatic heterocycles. The molecule has 0 spiro atoms. The van der Waals surface area contributed by atoms with Crippen molar-refractivity contribution in [2.24, 2.45) is 0 Å². The first-order valence-corrected chi connectivity index (χ1v) is 6.19. The highest BCUT2D eigenvalue weighted by Gasteiger charge is 2.25. The molecule has 16 heavy (non-hydrogen) atoms. The van der Waals surface area contributed by atoms with Gasteiger partial charge in [0.15, 0.2) is 0 Å². The molecular formula is C13H22N2O. The Morgan fingerprint density at radius 3 is 2.44 bits per heavy atom. The Labute approximate surface area is 97.8 Å². The summed E-state index contributed by atoms with van der Waals surface area (Å²) in [7, 11) is 0. The molecule has 1 saturated heterocycles. The SMILES string of the molecule is C[C@H](c1ncc(C(C)(C)C)o1)N1CCCC1. The van der Waals surface area contributed by atoms with E-state index < -0.39 is 0 Å². The zero-order valence-electron chi connectivity index (χ0n) is 10.8. The second-order valence-corrected chi connectivity index (χ2v) is 5.73. The topological polar surface area (TPSA) is 29.3 Å². The lowest BCUT2D eigenvalue weighted by Crippen LogP contribution is -2.23. The van der Waals surface area contributed by atoms with Crippen molar-refractivity contribution in [3.63, 3.8) is 0 Å². The van der Waals surface area contributed by atoms with Crippen LogP contribution in [0.25, 0.3) is 0 Å². The Bertz CT molecular complexity index is 345. The van der Waals surface area contributed by atoms with E-state index in [2.05, 4.69) is 37.6 Å². The third kappa shape index (κ3) is 2.29. The van der Waals surface area contributed by atoms with Gasteiger partial charge in [0.1, 0.15) is 5.76 Å². The quantitative estimate of drug-likeness (QED) is 0.770. The van der Waals surface area contributed by atoms with Crippen molar-refractivity contribution < 1.29 is 4.42 Å². The van der Waals surface area contributed by atoms with E-state index in [1.807, 2.05) is 6.20 Å². The highest BCUT2D eigenvalue weighted by Crippen LogP contribution is 2.28. The average molecular weight is 222 g/mol. The van der Waals surface area contributed by atoms with E-state index in [0.717, 1.165) is 11.7 Å². The van der Waals surface area contributed by atoms with Crippen molar-refractivity contribution in [3.05, 3.63) is 17.8 Å². The van der Waals surface area contributed by atoms with Gasteiger partial charge in [-0.2, -0.15) is 0 Å². The predicted molar refractivity (Wildman–Crippen MR) is 64.4 cm³/mol. The molecule has 1 aromatic rings. The number of hydrogen-bond acceptors (Lipinski definition) is 3. The fourth-order valence-electron chi connectivity index (χ4n) is 2.11.